The van der Waals surface area contributed by atoms with Gasteiger partial charge in [0.2, 0.25) is 15.9 Å². The van der Waals surface area contributed by atoms with Gasteiger partial charge in [0.25, 0.3) is 0 Å². The highest BCUT2D eigenvalue weighted by Gasteiger charge is 2.33. The number of piperidine rings is 1. The minimum Gasteiger partial charge on any atom is -0.345 e. The molecule has 1 N–H and O–H groups in total. The molecule has 1 saturated heterocycles. The van der Waals surface area contributed by atoms with Gasteiger partial charge in [-0.15, -0.1) is 0 Å². The summed E-state index contributed by atoms with van der Waals surface area (Å²) in [4.78, 5) is 17.6. The zero-order valence-corrected chi connectivity index (χ0v) is 20.1. The standard InChI is InChI=1S/C28H27N3O3S/c32-28(30-27(22-7-2-1-3-8-22)23-12-16-29-17-13-23)24-14-18-31(19-15-24)35(33,34)26-11-10-21-6-4-5-9-25(21)20-26/h1-13,16-17,20,24,27H,14-15,18-19H2,(H,30,32). The molecule has 1 amide bonds. The van der Waals surface area contributed by atoms with Crippen LogP contribution >= 0.6 is 0 Å². The van der Waals surface area contributed by atoms with E-state index in [2.05, 4.69) is 10.3 Å². The van der Waals surface area contributed by atoms with E-state index in [1.807, 2.05) is 72.8 Å². The van der Waals surface area contributed by atoms with E-state index in [1.165, 1.54) is 4.31 Å². The Bertz CT molecular complexity index is 1380. The molecule has 7 heteroatoms. The summed E-state index contributed by atoms with van der Waals surface area (Å²) in [5, 5.41) is 5.09. The van der Waals surface area contributed by atoms with Crippen LogP contribution in [0.4, 0.5) is 0 Å². The monoisotopic (exact) mass is 485 g/mol. The van der Waals surface area contributed by atoms with Crippen LogP contribution in [0.3, 0.4) is 0 Å². The smallest absolute Gasteiger partial charge is 0.243 e. The molecular formula is C28H27N3O3S. The van der Waals surface area contributed by atoms with Gasteiger partial charge in [-0.05, 0) is 59.0 Å². The Balaban J connectivity index is 1.28. The van der Waals surface area contributed by atoms with Crippen LogP contribution in [0.25, 0.3) is 10.8 Å². The average molecular weight is 486 g/mol. The van der Waals surface area contributed by atoms with Gasteiger partial charge in [-0.1, -0.05) is 60.7 Å². The van der Waals surface area contributed by atoms with Crippen molar-refractivity contribution in [2.24, 2.45) is 5.92 Å². The molecule has 6 nitrogen and oxygen atoms in total. The number of nitrogens with one attached hydrogen (secondary N) is 1. The molecule has 3 aromatic carbocycles. The van der Waals surface area contributed by atoms with Crippen LogP contribution in [-0.4, -0.2) is 36.7 Å². The lowest BCUT2D eigenvalue weighted by Gasteiger charge is -2.31. The van der Waals surface area contributed by atoms with E-state index in [1.54, 1.807) is 24.5 Å². The maximum atomic E-state index is 13.3. The number of hydrogen-bond donors (Lipinski definition) is 1. The van der Waals surface area contributed by atoms with Gasteiger partial charge in [-0.2, -0.15) is 4.31 Å². The highest BCUT2D eigenvalue weighted by atomic mass is 32.2. The molecule has 1 aliphatic rings. The molecular weight excluding hydrogens is 458 g/mol. The van der Waals surface area contributed by atoms with E-state index in [0.29, 0.717) is 30.8 Å². The number of carbonyl (C=O) groups excluding carboxylic acids is 1. The number of carbonyl (C=O) groups is 1. The van der Waals surface area contributed by atoms with E-state index in [9.17, 15) is 13.2 Å². The molecule has 0 spiro atoms. The zero-order chi connectivity index (χ0) is 24.3. The van der Waals surface area contributed by atoms with Crippen LogP contribution in [0.5, 0.6) is 0 Å². The zero-order valence-electron chi connectivity index (χ0n) is 19.2. The van der Waals surface area contributed by atoms with Gasteiger partial charge in [0, 0.05) is 31.4 Å². The summed E-state index contributed by atoms with van der Waals surface area (Å²) >= 11 is 0. The Morgan fingerprint density at radius 2 is 1.46 bits per heavy atom. The Hall–Kier alpha value is -3.55. The van der Waals surface area contributed by atoms with Gasteiger partial charge in [0.15, 0.2) is 0 Å². The van der Waals surface area contributed by atoms with Crippen molar-refractivity contribution in [2.75, 3.05) is 13.1 Å². The second-order valence-electron chi connectivity index (χ2n) is 8.82. The molecule has 0 bridgehead atoms. The number of rotatable bonds is 6. The largest absolute Gasteiger partial charge is 0.345 e. The summed E-state index contributed by atoms with van der Waals surface area (Å²) in [6, 6.07) is 26.3. The van der Waals surface area contributed by atoms with Crippen LogP contribution < -0.4 is 5.32 Å². The van der Waals surface area contributed by atoms with Crippen LogP contribution in [0.1, 0.15) is 30.0 Å². The van der Waals surface area contributed by atoms with Gasteiger partial charge in [-0.25, -0.2) is 8.42 Å². The number of pyridine rings is 1. The second kappa shape index (κ2) is 9.98. The second-order valence-corrected chi connectivity index (χ2v) is 10.8. The molecule has 35 heavy (non-hydrogen) atoms. The maximum absolute atomic E-state index is 13.3. The molecule has 1 atom stereocenters. The number of hydrogen-bond acceptors (Lipinski definition) is 4. The van der Waals surface area contributed by atoms with Gasteiger partial charge in [0.1, 0.15) is 0 Å². The van der Waals surface area contributed by atoms with E-state index in [4.69, 9.17) is 0 Å². The van der Waals surface area contributed by atoms with Crippen molar-refractivity contribution in [3.63, 3.8) is 0 Å². The highest BCUT2D eigenvalue weighted by molar-refractivity contribution is 7.89. The maximum Gasteiger partial charge on any atom is 0.243 e. The molecule has 5 rings (SSSR count). The number of benzene rings is 3. The molecule has 1 fully saturated rings. The quantitative estimate of drug-likeness (QED) is 0.435. The van der Waals surface area contributed by atoms with Gasteiger partial charge in [-0.3, -0.25) is 9.78 Å². The van der Waals surface area contributed by atoms with Crippen LogP contribution in [0.15, 0.2) is 102 Å². The minimum absolute atomic E-state index is 0.0570. The first-order chi connectivity index (χ1) is 17.0. The van der Waals surface area contributed by atoms with E-state index in [-0.39, 0.29) is 17.9 Å². The summed E-state index contributed by atoms with van der Waals surface area (Å²) in [6.07, 6.45) is 4.40. The Morgan fingerprint density at radius 1 is 0.829 bits per heavy atom. The predicted octanol–water partition coefficient (Wildman–Crippen LogP) is 4.54. The van der Waals surface area contributed by atoms with Gasteiger partial charge < -0.3 is 5.32 Å². The molecule has 1 unspecified atom stereocenters. The summed E-state index contributed by atoms with van der Waals surface area (Å²) in [7, 11) is -3.62. The van der Waals surface area contributed by atoms with Gasteiger partial charge >= 0.3 is 0 Å². The lowest BCUT2D eigenvalue weighted by molar-refractivity contribution is -0.126. The molecule has 0 radical (unpaired) electrons. The van der Waals surface area contributed by atoms with E-state index >= 15 is 0 Å². The molecule has 1 aliphatic heterocycles. The predicted molar refractivity (Wildman–Crippen MR) is 136 cm³/mol. The molecule has 0 aliphatic carbocycles. The summed E-state index contributed by atoms with van der Waals surface area (Å²) in [6.45, 7) is 0.636. The van der Waals surface area contributed by atoms with Crippen molar-refractivity contribution >= 4 is 26.7 Å². The Morgan fingerprint density at radius 3 is 2.17 bits per heavy atom. The van der Waals surface area contributed by atoms with E-state index < -0.39 is 10.0 Å². The van der Waals surface area contributed by atoms with Crippen molar-refractivity contribution in [2.45, 2.75) is 23.8 Å². The molecule has 0 saturated carbocycles. The first kappa shape index (κ1) is 23.2. The van der Waals surface area contributed by atoms with Gasteiger partial charge in [0.05, 0.1) is 10.9 Å². The van der Waals surface area contributed by atoms with Crippen LogP contribution in [0, 0.1) is 5.92 Å². The number of nitrogens with zero attached hydrogens (tertiary/aromatic N) is 2. The SMILES string of the molecule is O=C(NC(c1ccccc1)c1ccncc1)C1CCN(S(=O)(=O)c2ccc3ccccc3c2)CC1. The lowest BCUT2D eigenvalue weighted by Crippen LogP contribution is -2.43. The van der Waals surface area contributed by atoms with E-state index in [0.717, 1.165) is 21.9 Å². The first-order valence-electron chi connectivity index (χ1n) is 11.8. The molecule has 4 aromatic rings. The van der Waals surface area contributed by atoms with Crippen molar-refractivity contribution < 1.29 is 13.2 Å². The van der Waals surface area contributed by atoms with Crippen LogP contribution in [0.2, 0.25) is 0 Å². The molecule has 1 aromatic heterocycles. The fraction of sp³-hybridized carbons (Fsp3) is 0.214. The highest BCUT2D eigenvalue weighted by Crippen LogP contribution is 2.28. The summed E-state index contributed by atoms with van der Waals surface area (Å²) < 4.78 is 28.0. The normalized spacial score (nSPS) is 16.1. The third-order valence-electron chi connectivity index (χ3n) is 6.64. The van der Waals surface area contributed by atoms with Crippen molar-refractivity contribution in [3.05, 3.63) is 108 Å². The molecule has 178 valence electrons. The Labute approximate surface area is 205 Å². The number of aromatic nitrogens is 1. The topological polar surface area (TPSA) is 79.4 Å². The number of sulfonamides is 1. The first-order valence-corrected chi connectivity index (χ1v) is 13.2. The average Bonchev–Trinajstić information content (AvgIpc) is 2.92. The number of amides is 1. The third-order valence-corrected chi connectivity index (χ3v) is 8.54. The number of fused-ring (bicyclic) bond motifs is 1. The Kier molecular flexibility index (Phi) is 6.61. The minimum atomic E-state index is -3.62. The molecule has 2 heterocycles. The third kappa shape index (κ3) is 4.97. The fourth-order valence-corrected chi connectivity index (χ4v) is 6.16. The van der Waals surface area contributed by atoms with Crippen molar-refractivity contribution in [3.8, 4) is 0 Å². The fourth-order valence-electron chi connectivity index (χ4n) is 4.66. The lowest BCUT2D eigenvalue weighted by atomic mass is 9.94. The summed E-state index contributed by atoms with van der Waals surface area (Å²) in [5.41, 5.74) is 1.94. The van der Waals surface area contributed by atoms with Crippen LogP contribution in [-0.2, 0) is 14.8 Å². The van der Waals surface area contributed by atoms with Crippen molar-refractivity contribution in [1.29, 1.82) is 0 Å². The summed E-state index contributed by atoms with van der Waals surface area (Å²) in [5.74, 6) is -0.301. The van der Waals surface area contributed by atoms with Crippen molar-refractivity contribution in [1.82, 2.24) is 14.6 Å².